The van der Waals surface area contributed by atoms with Crippen LogP contribution in [0.25, 0.3) is 0 Å². The van der Waals surface area contributed by atoms with E-state index in [2.05, 4.69) is 42.1 Å². The fraction of sp³-hybridized carbons (Fsp3) is 0.457. The summed E-state index contributed by atoms with van der Waals surface area (Å²) in [5.74, 6) is -2.35. The second kappa shape index (κ2) is 21.5. The number of hydrogen-bond donors (Lipinski definition) is 1. The van der Waals surface area contributed by atoms with Crippen molar-refractivity contribution in [3.05, 3.63) is 90.3 Å². The van der Waals surface area contributed by atoms with Crippen LogP contribution in [0.1, 0.15) is 118 Å². The summed E-state index contributed by atoms with van der Waals surface area (Å²) in [5, 5.41) is 19.4. The first-order chi connectivity index (χ1) is 20.4. The topological polar surface area (TPSA) is 104 Å². The van der Waals surface area contributed by atoms with Gasteiger partial charge < -0.3 is 19.6 Å². The van der Waals surface area contributed by atoms with Gasteiger partial charge in [-0.15, -0.1) is 0 Å². The van der Waals surface area contributed by atoms with Crippen molar-refractivity contribution in [1.82, 2.24) is 0 Å². The lowest BCUT2D eigenvalue weighted by atomic mass is 10.0. The molecule has 0 aliphatic rings. The zero-order valence-corrected chi connectivity index (χ0v) is 25.9. The van der Waals surface area contributed by atoms with Crippen molar-refractivity contribution in [2.45, 2.75) is 113 Å². The summed E-state index contributed by atoms with van der Waals surface area (Å²) >= 11 is -1.50. The maximum atomic E-state index is 12.2. The van der Waals surface area contributed by atoms with Crippen LogP contribution in [0.4, 0.5) is 0 Å². The zero-order valence-electron chi connectivity index (χ0n) is 25.0. The molecule has 3 rings (SSSR count). The first-order valence-corrected chi connectivity index (χ1v) is 16.6. The summed E-state index contributed by atoms with van der Waals surface area (Å²) in [6.45, 7) is 3.47. The Morgan fingerprint density at radius 2 is 1.05 bits per heavy atom. The van der Waals surface area contributed by atoms with E-state index in [4.69, 9.17) is 5.11 Å². The third-order valence-electron chi connectivity index (χ3n) is 7.17. The molecule has 0 amide bonds. The summed E-state index contributed by atoms with van der Waals surface area (Å²) in [5.41, 5.74) is 0.116. The Balaban J connectivity index is 0.000000294. The van der Waals surface area contributed by atoms with Crippen molar-refractivity contribution < 1.29 is 28.9 Å². The monoisotopic (exact) mass is 593 g/mol. The molecule has 42 heavy (non-hydrogen) atoms. The van der Waals surface area contributed by atoms with Crippen LogP contribution in [0.3, 0.4) is 0 Å². The molecule has 1 unspecified atom stereocenters. The molecule has 0 saturated carbocycles. The predicted octanol–water partition coefficient (Wildman–Crippen LogP) is 7.37. The molecule has 0 aliphatic carbocycles. The quantitative estimate of drug-likeness (QED) is 0.0888. The Morgan fingerprint density at radius 1 is 0.643 bits per heavy atom. The lowest BCUT2D eigenvalue weighted by molar-refractivity contribution is -0.697. The Morgan fingerprint density at radius 3 is 1.45 bits per heavy atom. The molecular formula is C35H47NO5S. The molecule has 7 heteroatoms. The summed E-state index contributed by atoms with van der Waals surface area (Å²) in [7, 11) is 0. The summed E-state index contributed by atoms with van der Waals surface area (Å²) in [4.78, 5) is 22.2. The zero-order chi connectivity index (χ0) is 30.4. The second-order valence-corrected chi connectivity index (χ2v) is 12.1. The van der Waals surface area contributed by atoms with Crippen LogP contribution in [0, 0.1) is 0 Å². The molecule has 1 heterocycles. The number of rotatable bonds is 19. The lowest BCUT2D eigenvalue weighted by Gasteiger charge is -2.10. The normalized spacial score (nSPS) is 11.4. The highest BCUT2D eigenvalue weighted by molar-refractivity contribution is 7.91. The van der Waals surface area contributed by atoms with Gasteiger partial charge in [-0.05, 0) is 60.5 Å². The highest BCUT2D eigenvalue weighted by Gasteiger charge is 2.15. The van der Waals surface area contributed by atoms with E-state index >= 15 is 0 Å². The SMILES string of the molecule is CCCCCCCCCCCCCCCC[n+]1ccccc1.O=C([O-])c1ccc([S+]([O-])c2ccc(C(=O)O)cc2)cc1. The number of benzene rings is 2. The fourth-order valence-electron chi connectivity index (χ4n) is 4.64. The molecule has 0 spiro atoms. The third kappa shape index (κ3) is 14.6. The number of unbranched alkanes of at least 4 members (excludes halogenated alkanes) is 13. The molecule has 0 fully saturated rings. The molecule has 0 radical (unpaired) electrons. The van der Waals surface area contributed by atoms with Crippen LogP contribution in [-0.4, -0.2) is 21.6 Å². The van der Waals surface area contributed by atoms with E-state index in [9.17, 15) is 19.2 Å². The molecule has 1 atom stereocenters. The van der Waals surface area contributed by atoms with Crippen molar-refractivity contribution >= 4 is 23.1 Å². The Bertz CT molecular complexity index is 1080. The first kappa shape index (κ1) is 35.0. The highest BCUT2D eigenvalue weighted by atomic mass is 32.2. The maximum absolute atomic E-state index is 12.2. The summed E-state index contributed by atoms with van der Waals surface area (Å²) in [6.07, 6.45) is 24.4. The summed E-state index contributed by atoms with van der Waals surface area (Å²) in [6, 6.07) is 17.5. The number of hydrogen-bond acceptors (Lipinski definition) is 4. The molecule has 1 aromatic heterocycles. The molecule has 3 aromatic rings. The number of carbonyl (C=O) groups is 2. The maximum Gasteiger partial charge on any atom is 0.335 e. The molecule has 0 bridgehead atoms. The molecule has 2 aromatic carbocycles. The van der Waals surface area contributed by atoms with Gasteiger partial charge >= 0.3 is 5.97 Å². The number of aromatic nitrogens is 1. The van der Waals surface area contributed by atoms with Crippen LogP contribution in [0.2, 0.25) is 0 Å². The van der Waals surface area contributed by atoms with Crippen molar-refractivity contribution in [1.29, 1.82) is 0 Å². The van der Waals surface area contributed by atoms with Crippen LogP contribution in [0.15, 0.2) is 88.9 Å². The molecule has 228 valence electrons. The van der Waals surface area contributed by atoms with Crippen LogP contribution in [-0.2, 0) is 17.7 Å². The van der Waals surface area contributed by atoms with Crippen molar-refractivity contribution in [2.75, 3.05) is 0 Å². The molecule has 0 aliphatic heterocycles. The van der Waals surface area contributed by atoms with E-state index in [1.807, 2.05) is 0 Å². The van der Waals surface area contributed by atoms with Gasteiger partial charge in [0.25, 0.3) is 0 Å². The van der Waals surface area contributed by atoms with E-state index in [1.54, 1.807) is 0 Å². The highest BCUT2D eigenvalue weighted by Crippen LogP contribution is 2.21. The van der Waals surface area contributed by atoms with Crippen molar-refractivity contribution in [2.24, 2.45) is 0 Å². The number of carboxylic acid groups (broad SMARTS) is 2. The predicted molar refractivity (Wildman–Crippen MR) is 166 cm³/mol. The standard InChI is InChI=1S/C21H38N.C14H10O5S/c1-2-3-4-5-6-7-8-9-10-11-12-13-14-16-19-22-20-17-15-18-21-22;15-13(16)9-1-5-11(6-2-9)20(19)12-7-3-10(4-8-12)14(17)18/h15,17-18,20-21H,2-14,16,19H2,1H3;1-8H,(H,15,16)(H,17,18)/q+1;/p-1. The number of aromatic carboxylic acids is 2. The number of aryl methyl sites for hydroxylation is 1. The van der Waals surface area contributed by atoms with Crippen LogP contribution < -0.4 is 9.67 Å². The third-order valence-corrected chi connectivity index (χ3v) is 8.57. The molecular weight excluding hydrogens is 546 g/mol. The number of pyridine rings is 1. The molecule has 6 nitrogen and oxygen atoms in total. The van der Waals surface area contributed by atoms with E-state index in [-0.39, 0.29) is 11.1 Å². The minimum absolute atomic E-state index is 0.00646. The van der Waals surface area contributed by atoms with Gasteiger partial charge in [0.1, 0.15) is 6.54 Å². The van der Waals surface area contributed by atoms with E-state index in [1.165, 1.54) is 145 Å². The summed E-state index contributed by atoms with van der Waals surface area (Å²) < 4.78 is 14.5. The van der Waals surface area contributed by atoms with Gasteiger partial charge in [0.05, 0.1) is 11.5 Å². The number of nitrogens with zero attached hydrogens (tertiary/aromatic N) is 1. The number of carbonyl (C=O) groups excluding carboxylic acids is 1. The smallest absolute Gasteiger partial charge is 0.335 e. The average molecular weight is 594 g/mol. The minimum Gasteiger partial charge on any atom is -0.606 e. The van der Waals surface area contributed by atoms with E-state index in [0.717, 1.165) is 0 Å². The van der Waals surface area contributed by atoms with Crippen molar-refractivity contribution in [3.8, 4) is 0 Å². The minimum atomic E-state index is -1.50. The molecule has 0 saturated heterocycles. The Kier molecular flexibility index (Phi) is 18.0. The first-order valence-electron chi connectivity index (χ1n) is 15.4. The van der Waals surface area contributed by atoms with Crippen molar-refractivity contribution in [3.63, 3.8) is 0 Å². The van der Waals surface area contributed by atoms with Gasteiger partial charge in [0.15, 0.2) is 22.2 Å². The van der Waals surface area contributed by atoms with Crippen LogP contribution >= 0.6 is 0 Å². The number of carboxylic acids is 2. The fourth-order valence-corrected chi connectivity index (χ4v) is 5.68. The largest absolute Gasteiger partial charge is 0.606 e. The van der Waals surface area contributed by atoms with Gasteiger partial charge in [-0.25, -0.2) is 9.36 Å². The Hall–Kier alpha value is -3.16. The Labute approximate surface area is 255 Å². The molecule has 1 N–H and O–H groups in total. The van der Waals surface area contributed by atoms with E-state index in [0.29, 0.717) is 9.79 Å². The van der Waals surface area contributed by atoms with Gasteiger partial charge in [0.2, 0.25) is 0 Å². The van der Waals surface area contributed by atoms with Gasteiger partial charge in [0, 0.05) is 29.7 Å². The van der Waals surface area contributed by atoms with E-state index < -0.39 is 23.1 Å². The van der Waals surface area contributed by atoms with Gasteiger partial charge in [-0.3, -0.25) is 0 Å². The second-order valence-electron chi connectivity index (χ2n) is 10.6. The van der Waals surface area contributed by atoms with Gasteiger partial charge in [-0.1, -0.05) is 90.0 Å². The van der Waals surface area contributed by atoms with Crippen LogP contribution in [0.5, 0.6) is 0 Å². The lowest BCUT2D eigenvalue weighted by Crippen LogP contribution is -2.32. The van der Waals surface area contributed by atoms with Gasteiger partial charge in [-0.2, -0.15) is 0 Å². The average Bonchev–Trinajstić information content (AvgIpc) is 3.02.